The van der Waals surface area contributed by atoms with Crippen molar-refractivity contribution in [1.82, 2.24) is 5.32 Å². The zero-order valence-electron chi connectivity index (χ0n) is 9.42. The van der Waals surface area contributed by atoms with E-state index in [1.165, 1.54) is 5.56 Å². The zero-order chi connectivity index (χ0) is 11.4. The van der Waals surface area contributed by atoms with Gasteiger partial charge in [0.1, 0.15) is 0 Å². The topological polar surface area (TPSA) is 33.3 Å². The van der Waals surface area contributed by atoms with E-state index in [1.807, 2.05) is 0 Å². The maximum Gasteiger partial charge on any atom is 0.0872 e. The first-order valence-corrected chi connectivity index (χ1v) is 6.37. The maximum absolute atomic E-state index is 5.62. The number of halogens is 1. The smallest absolute Gasteiger partial charge is 0.0872 e. The summed E-state index contributed by atoms with van der Waals surface area (Å²) in [5.74, 6) is 0. The molecular formula is C12H17BrN2O. The Bertz CT molecular complexity index is 351. The lowest BCUT2D eigenvalue weighted by molar-refractivity contribution is 0.0372. The third-order valence-corrected chi connectivity index (χ3v) is 3.31. The molecule has 0 bridgehead atoms. The zero-order valence-corrected chi connectivity index (χ0v) is 11.0. The van der Waals surface area contributed by atoms with Crippen LogP contribution in [-0.2, 0) is 4.74 Å². The number of nitrogens with one attached hydrogen (secondary N) is 2. The monoisotopic (exact) mass is 284 g/mol. The van der Waals surface area contributed by atoms with E-state index in [4.69, 9.17) is 4.74 Å². The predicted molar refractivity (Wildman–Crippen MR) is 70.0 cm³/mol. The van der Waals surface area contributed by atoms with Crippen molar-refractivity contribution < 1.29 is 4.74 Å². The molecule has 16 heavy (non-hydrogen) atoms. The molecule has 3 nitrogen and oxygen atoms in total. The number of morpholine rings is 1. The average Bonchev–Trinajstić information content (AvgIpc) is 2.29. The van der Waals surface area contributed by atoms with Crippen molar-refractivity contribution >= 4 is 21.6 Å². The molecule has 4 heteroatoms. The Labute approximate surface area is 105 Å². The summed E-state index contributed by atoms with van der Waals surface area (Å²) in [5, 5.41) is 6.72. The fourth-order valence-corrected chi connectivity index (χ4v) is 2.37. The van der Waals surface area contributed by atoms with Gasteiger partial charge in [-0.1, -0.05) is 6.07 Å². The molecule has 1 atom stereocenters. The van der Waals surface area contributed by atoms with E-state index in [1.54, 1.807) is 0 Å². The first-order chi connectivity index (χ1) is 7.75. The predicted octanol–water partition coefficient (Wildman–Crippen LogP) is 2.16. The lowest BCUT2D eigenvalue weighted by Crippen LogP contribution is -2.42. The van der Waals surface area contributed by atoms with Crippen molar-refractivity contribution in [2.45, 2.75) is 13.0 Å². The molecule has 1 aromatic carbocycles. The minimum atomic E-state index is 0.266. The van der Waals surface area contributed by atoms with Crippen molar-refractivity contribution in [2.24, 2.45) is 0 Å². The fourth-order valence-electron chi connectivity index (χ4n) is 1.74. The average molecular weight is 285 g/mol. The third kappa shape index (κ3) is 3.20. The normalized spacial score (nSPS) is 20.8. The lowest BCUT2D eigenvalue weighted by atomic mass is 10.2. The second-order valence-electron chi connectivity index (χ2n) is 4.06. The molecule has 2 rings (SSSR count). The van der Waals surface area contributed by atoms with Gasteiger partial charge in [0.05, 0.1) is 12.7 Å². The molecule has 1 aliphatic heterocycles. The highest BCUT2D eigenvalue weighted by Crippen LogP contribution is 2.23. The van der Waals surface area contributed by atoms with Gasteiger partial charge in [0.2, 0.25) is 0 Å². The molecule has 0 radical (unpaired) electrons. The van der Waals surface area contributed by atoms with Gasteiger partial charge in [0.15, 0.2) is 0 Å². The summed E-state index contributed by atoms with van der Waals surface area (Å²) in [6, 6.07) is 6.31. The van der Waals surface area contributed by atoms with E-state index in [2.05, 4.69) is 51.7 Å². The quantitative estimate of drug-likeness (QED) is 0.893. The second kappa shape index (κ2) is 5.66. The summed E-state index contributed by atoms with van der Waals surface area (Å²) < 4.78 is 6.73. The second-order valence-corrected chi connectivity index (χ2v) is 4.92. The van der Waals surface area contributed by atoms with Gasteiger partial charge in [-0.2, -0.15) is 0 Å². The summed E-state index contributed by atoms with van der Waals surface area (Å²) in [4.78, 5) is 0. The van der Waals surface area contributed by atoms with E-state index in [0.717, 1.165) is 36.4 Å². The van der Waals surface area contributed by atoms with E-state index in [0.29, 0.717) is 0 Å². The minimum Gasteiger partial charge on any atom is -0.381 e. The highest BCUT2D eigenvalue weighted by Gasteiger charge is 2.13. The molecule has 1 heterocycles. The summed E-state index contributed by atoms with van der Waals surface area (Å²) in [7, 11) is 0. The van der Waals surface area contributed by atoms with Crippen molar-refractivity contribution in [1.29, 1.82) is 0 Å². The molecule has 1 fully saturated rings. The third-order valence-electron chi connectivity index (χ3n) is 2.65. The van der Waals surface area contributed by atoms with Crippen LogP contribution in [0.25, 0.3) is 0 Å². The van der Waals surface area contributed by atoms with Crippen LogP contribution >= 0.6 is 15.9 Å². The van der Waals surface area contributed by atoms with Crippen LogP contribution in [0.3, 0.4) is 0 Å². The molecular weight excluding hydrogens is 268 g/mol. The van der Waals surface area contributed by atoms with Crippen molar-refractivity contribution in [2.75, 3.05) is 31.6 Å². The first kappa shape index (κ1) is 11.9. The number of rotatable bonds is 3. The summed E-state index contributed by atoms with van der Waals surface area (Å²) in [6.45, 7) is 5.62. The largest absolute Gasteiger partial charge is 0.381 e. The minimum absolute atomic E-state index is 0.266. The molecule has 88 valence electrons. The SMILES string of the molecule is Cc1ccc(NCC2CNCCO2)c(Br)c1. The number of anilines is 1. The fraction of sp³-hybridized carbons (Fsp3) is 0.500. The molecule has 1 saturated heterocycles. The van der Waals surface area contributed by atoms with E-state index < -0.39 is 0 Å². The Morgan fingerprint density at radius 1 is 1.56 bits per heavy atom. The van der Waals surface area contributed by atoms with Gasteiger partial charge in [-0.15, -0.1) is 0 Å². The van der Waals surface area contributed by atoms with Crippen LogP contribution in [0.1, 0.15) is 5.56 Å². The van der Waals surface area contributed by atoms with Crippen molar-refractivity contribution in [3.63, 3.8) is 0 Å². The van der Waals surface area contributed by atoms with Crippen molar-refractivity contribution in [3.05, 3.63) is 28.2 Å². The van der Waals surface area contributed by atoms with Gasteiger partial charge < -0.3 is 15.4 Å². The Kier molecular flexibility index (Phi) is 4.21. The highest BCUT2D eigenvalue weighted by atomic mass is 79.9. The van der Waals surface area contributed by atoms with Crippen LogP contribution in [-0.4, -0.2) is 32.3 Å². The van der Waals surface area contributed by atoms with Crippen LogP contribution in [0.15, 0.2) is 22.7 Å². The summed E-state index contributed by atoms with van der Waals surface area (Å²) in [5.41, 5.74) is 2.38. The molecule has 1 unspecified atom stereocenters. The Morgan fingerprint density at radius 2 is 2.44 bits per heavy atom. The van der Waals surface area contributed by atoms with Crippen molar-refractivity contribution in [3.8, 4) is 0 Å². The van der Waals surface area contributed by atoms with Crippen LogP contribution in [0.2, 0.25) is 0 Å². The molecule has 2 N–H and O–H groups in total. The number of hydrogen-bond acceptors (Lipinski definition) is 3. The Morgan fingerprint density at radius 3 is 3.12 bits per heavy atom. The number of hydrogen-bond donors (Lipinski definition) is 2. The van der Waals surface area contributed by atoms with Gasteiger partial charge in [0, 0.05) is 29.8 Å². The summed E-state index contributed by atoms with van der Waals surface area (Å²) >= 11 is 3.55. The first-order valence-electron chi connectivity index (χ1n) is 5.58. The van der Waals surface area contributed by atoms with E-state index >= 15 is 0 Å². The highest BCUT2D eigenvalue weighted by molar-refractivity contribution is 9.10. The number of aryl methyl sites for hydroxylation is 1. The molecule has 0 aliphatic carbocycles. The van der Waals surface area contributed by atoms with Gasteiger partial charge in [-0.3, -0.25) is 0 Å². The Hall–Kier alpha value is -0.580. The number of benzene rings is 1. The van der Waals surface area contributed by atoms with Crippen LogP contribution in [0, 0.1) is 6.92 Å². The van der Waals surface area contributed by atoms with E-state index in [-0.39, 0.29) is 6.10 Å². The Balaban J connectivity index is 1.88. The molecule has 0 saturated carbocycles. The lowest BCUT2D eigenvalue weighted by Gasteiger charge is -2.24. The summed E-state index contributed by atoms with van der Waals surface area (Å²) in [6.07, 6.45) is 0.266. The molecule has 0 spiro atoms. The maximum atomic E-state index is 5.62. The van der Waals surface area contributed by atoms with Gasteiger partial charge in [-0.25, -0.2) is 0 Å². The van der Waals surface area contributed by atoms with Gasteiger partial charge in [-0.05, 0) is 40.5 Å². The van der Waals surface area contributed by atoms with Crippen LogP contribution < -0.4 is 10.6 Å². The standard InChI is InChI=1S/C12H17BrN2O/c1-9-2-3-12(11(13)6-9)15-8-10-7-14-4-5-16-10/h2-3,6,10,14-15H,4-5,7-8H2,1H3. The number of ether oxygens (including phenoxy) is 1. The molecule has 1 aromatic rings. The van der Waals surface area contributed by atoms with Gasteiger partial charge in [0.25, 0.3) is 0 Å². The van der Waals surface area contributed by atoms with Crippen LogP contribution in [0.4, 0.5) is 5.69 Å². The molecule has 1 aliphatic rings. The molecule has 0 amide bonds. The van der Waals surface area contributed by atoms with Gasteiger partial charge >= 0.3 is 0 Å². The molecule has 0 aromatic heterocycles. The van der Waals surface area contributed by atoms with Crippen LogP contribution in [0.5, 0.6) is 0 Å². The van der Waals surface area contributed by atoms with E-state index in [9.17, 15) is 0 Å².